The number of hydrogen-bond donors (Lipinski definition) is 1. The molecule has 1 aromatic heterocycles. The van der Waals surface area contributed by atoms with Crippen LogP contribution in [0.15, 0.2) is 33.3 Å². The molecule has 114 valence electrons. The van der Waals surface area contributed by atoms with E-state index in [0.717, 1.165) is 28.5 Å². The first-order valence-corrected chi connectivity index (χ1v) is 9.64. The van der Waals surface area contributed by atoms with E-state index in [1.165, 1.54) is 14.8 Å². The van der Waals surface area contributed by atoms with Crippen molar-refractivity contribution in [2.75, 3.05) is 6.54 Å². The highest BCUT2D eigenvalue weighted by Gasteiger charge is 2.23. The molecule has 3 nitrogen and oxygen atoms in total. The van der Waals surface area contributed by atoms with Crippen LogP contribution in [0, 0.1) is 3.57 Å². The Labute approximate surface area is 156 Å². The summed E-state index contributed by atoms with van der Waals surface area (Å²) in [5.41, 5.74) is 2.46. The van der Waals surface area contributed by atoms with Crippen LogP contribution in [0.1, 0.15) is 37.6 Å². The summed E-state index contributed by atoms with van der Waals surface area (Å²) in [6, 6.07) is 6.53. The van der Waals surface area contributed by atoms with Crippen molar-refractivity contribution in [3.8, 4) is 0 Å². The van der Waals surface area contributed by atoms with Gasteiger partial charge in [0.1, 0.15) is 0 Å². The fourth-order valence-corrected chi connectivity index (χ4v) is 3.89. The maximum Gasteiger partial charge on any atom is 0.0770 e. The molecule has 1 atom stereocenters. The number of aromatic nitrogens is 2. The zero-order chi connectivity index (χ0) is 15.4. The average Bonchev–Trinajstić information content (AvgIpc) is 2.81. The van der Waals surface area contributed by atoms with Gasteiger partial charge in [0, 0.05) is 14.6 Å². The number of hydrogen-bond acceptors (Lipinski definition) is 2. The number of nitrogens with one attached hydrogen (secondary N) is 1. The van der Waals surface area contributed by atoms with E-state index in [2.05, 4.69) is 102 Å². The monoisotopic (exact) mass is 525 g/mol. The first kappa shape index (κ1) is 17.4. The molecule has 2 aromatic rings. The van der Waals surface area contributed by atoms with Crippen LogP contribution in [0.5, 0.6) is 0 Å². The lowest BCUT2D eigenvalue weighted by molar-refractivity contribution is 0.518. The maximum atomic E-state index is 4.50. The molecule has 0 spiro atoms. The van der Waals surface area contributed by atoms with E-state index in [9.17, 15) is 0 Å². The van der Waals surface area contributed by atoms with Gasteiger partial charge in [0.2, 0.25) is 0 Å². The van der Waals surface area contributed by atoms with Crippen LogP contribution in [-0.2, 0) is 6.54 Å². The Balaban J connectivity index is 2.53. The molecule has 0 radical (unpaired) electrons. The van der Waals surface area contributed by atoms with Crippen molar-refractivity contribution in [1.82, 2.24) is 15.1 Å². The van der Waals surface area contributed by atoms with Gasteiger partial charge in [-0.2, -0.15) is 5.10 Å². The molecule has 0 bridgehead atoms. The highest BCUT2D eigenvalue weighted by Crippen LogP contribution is 2.32. The predicted octanol–water partition coefficient (Wildman–Crippen LogP) is 5.12. The van der Waals surface area contributed by atoms with Gasteiger partial charge in [-0.25, -0.2) is 0 Å². The molecule has 0 fully saturated rings. The normalized spacial score (nSPS) is 12.6. The minimum Gasteiger partial charge on any atom is -0.305 e. The van der Waals surface area contributed by atoms with Crippen molar-refractivity contribution in [1.29, 1.82) is 0 Å². The van der Waals surface area contributed by atoms with Crippen LogP contribution >= 0.6 is 54.5 Å². The van der Waals surface area contributed by atoms with E-state index in [0.29, 0.717) is 0 Å². The standard InChI is InChI=1S/C15H18Br2IN3/c1-3-7-21-15(12(17)9-20-21)14(19-4-2)11-8-10(16)5-6-13(11)18/h5-6,8-9,14,19H,3-4,7H2,1-2H3. The smallest absolute Gasteiger partial charge is 0.0770 e. The summed E-state index contributed by atoms with van der Waals surface area (Å²) in [7, 11) is 0. The van der Waals surface area contributed by atoms with Gasteiger partial charge in [-0.15, -0.1) is 0 Å². The predicted molar refractivity (Wildman–Crippen MR) is 103 cm³/mol. The van der Waals surface area contributed by atoms with Gasteiger partial charge in [-0.3, -0.25) is 4.68 Å². The molecule has 2 rings (SSSR count). The lowest BCUT2D eigenvalue weighted by Crippen LogP contribution is -2.26. The first-order chi connectivity index (χ1) is 10.1. The van der Waals surface area contributed by atoms with Crippen LogP contribution in [0.25, 0.3) is 0 Å². The molecule has 1 unspecified atom stereocenters. The molecule has 1 aromatic carbocycles. The Hall–Kier alpha value is 0.0800. The summed E-state index contributed by atoms with van der Waals surface area (Å²) in [4.78, 5) is 0. The van der Waals surface area contributed by atoms with Gasteiger partial charge in [-0.1, -0.05) is 29.8 Å². The van der Waals surface area contributed by atoms with Crippen LogP contribution < -0.4 is 5.32 Å². The van der Waals surface area contributed by atoms with Crippen LogP contribution in [0.3, 0.4) is 0 Å². The Morgan fingerprint density at radius 3 is 2.76 bits per heavy atom. The number of aryl methyl sites for hydroxylation is 1. The van der Waals surface area contributed by atoms with E-state index in [1.54, 1.807) is 0 Å². The quantitative estimate of drug-likeness (QED) is 0.529. The molecule has 0 aliphatic heterocycles. The topological polar surface area (TPSA) is 29.9 Å². The van der Waals surface area contributed by atoms with E-state index in [-0.39, 0.29) is 6.04 Å². The van der Waals surface area contributed by atoms with E-state index in [4.69, 9.17) is 0 Å². The average molecular weight is 527 g/mol. The zero-order valence-electron chi connectivity index (χ0n) is 12.0. The zero-order valence-corrected chi connectivity index (χ0v) is 17.4. The molecule has 0 aliphatic rings. The minimum absolute atomic E-state index is 0.128. The lowest BCUT2D eigenvalue weighted by Gasteiger charge is -2.22. The molecular formula is C15H18Br2IN3. The van der Waals surface area contributed by atoms with Gasteiger partial charge < -0.3 is 5.32 Å². The third kappa shape index (κ3) is 4.09. The van der Waals surface area contributed by atoms with Gasteiger partial charge in [0.25, 0.3) is 0 Å². The number of halogens is 3. The summed E-state index contributed by atoms with van der Waals surface area (Å²) < 4.78 is 5.49. The van der Waals surface area contributed by atoms with Gasteiger partial charge in [-0.05, 0) is 75.2 Å². The second-order valence-electron chi connectivity index (χ2n) is 4.76. The van der Waals surface area contributed by atoms with Crippen molar-refractivity contribution in [3.05, 3.63) is 48.2 Å². The number of rotatable bonds is 6. The molecule has 6 heteroatoms. The third-order valence-electron chi connectivity index (χ3n) is 3.22. The van der Waals surface area contributed by atoms with Crippen LogP contribution in [0.4, 0.5) is 0 Å². The fraction of sp³-hybridized carbons (Fsp3) is 0.400. The molecule has 0 aliphatic carbocycles. The van der Waals surface area contributed by atoms with Gasteiger partial charge >= 0.3 is 0 Å². The molecule has 0 saturated carbocycles. The van der Waals surface area contributed by atoms with Crippen molar-refractivity contribution >= 4 is 54.5 Å². The molecular weight excluding hydrogens is 509 g/mol. The molecule has 0 amide bonds. The summed E-state index contributed by atoms with van der Waals surface area (Å²) >= 11 is 9.64. The Morgan fingerprint density at radius 1 is 1.33 bits per heavy atom. The van der Waals surface area contributed by atoms with Crippen LogP contribution in [-0.4, -0.2) is 16.3 Å². The largest absolute Gasteiger partial charge is 0.305 e. The number of nitrogens with zero attached hydrogens (tertiary/aromatic N) is 2. The molecule has 1 N–H and O–H groups in total. The summed E-state index contributed by atoms with van der Waals surface area (Å²) in [5, 5.41) is 8.09. The minimum atomic E-state index is 0.128. The third-order valence-corrected chi connectivity index (χ3v) is 5.31. The summed E-state index contributed by atoms with van der Waals surface area (Å²) in [5.74, 6) is 0. The second-order valence-corrected chi connectivity index (χ2v) is 7.69. The van der Waals surface area contributed by atoms with Crippen molar-refractivity contribution in [2.24, 2.45) is 0 Å². The van der Waals surface area contributed by atoms with E-state index >= 15 is 0 Å². The first-order valence-electron chi connectivity index (χ1n) is 6.98. The highest BCUT2D eigenvalue weighted by atomic mass is 127. The lowest BCUT2D eigenvalue weighted by atomic mass is 10.0. The van der Waals surface area contributed by atoms with Crippen molar-refractivity contribution < 1.29 is 0 Å². The van der Waals surface area contributed by atoms with E-state index < -0.39 is 0 Å². The van der Waals surface area contributed by atoms with E-state index in [1.807, 2.05) is 6.20 Å². The van der Waals surface area contributed by atoms with Gasteiger partial charge in [0.05, 0.1) is 22.4 Å². The van der Waals surface area contributed by atoms with Crippen molar-refractivity contribution in [2.45, 2.75) is 32.9 Å². The highest BCUT2D eigenvalue weighted by molar-refractivity contribution is 14.1. The Kier molecular flexibility index (Phi) is 6.71. The fourth-order valence-electron chi connectivity index (χ4n) is 2.34. The number of benzene rings is 1. The maximum absolute atomic E-state index is 4.50. The molecule has 21 heavy (non-hydrogen) atoms. The SMILES string of the molecule is CCCn1ncc(Br)c1C(NCC)c1cc(Br)ccc1I. The summed E-state index contributed by atoms with van der Waals surface area (Å²) in [6.45, 7) is 6.13. The molecule has 1 heterocycles. The second kappa shape index (κ2) is 8.08. The van der Waals surface area contributed by atoms with Crippen LogP contribution in [0.2, 0.25) is 0 Å². The Morgan fingerprint density at radius 2 is 2.10 bits per heavy atom. The summed E-state index contributed by atoms with van der Waals surface area (Å²) in [6.07, 6.45) is 2.95. The molecule has 0 saturated heterocycles. The Bertz CT molecular complexity index is 613. The van der Waals surface area contributed by atoms with Gasteiger partial charge in [0.15, 0.2) is 0 Å². The van der Waals surface area contributed by atoms with Crippen molar-refractivity contribution in [3.63, 3.8) is 0 Å².